The first-order valence-corrected chi connectivity index (χ1v) is 10.1. The monoisotopic (exact) mass is 385 g/mol. The maximum Gasteiger partial charge on any atom is 0.267 e. The molecule has 0 unspecified atom stereocenters. The minimum Gasteiger partial charge on any atom is -0.339 e. The minimum atomic E-state index is 0.00956. The fraction of sp³-hybridized carbons (Fsp3) is 0.476. The molecular formula is C21H24ClN3O2. The van der Waals surface area contributed by atoms with E-state index in [2.05, 4.69) is 5.10 Å². The number of carbonyl (C=O) groups is 1. The summed E-state index contributed by atoms with van der Waals surface area (Å²) in [5.74, 6) is 0.431. The van der Waals surface area contributed by atoms with Crippen LogP contribution in [0.15, 0.2) is 35.1 Å². The Hall–Kier alpha value is -2.14. The van der Waals surface area contributed by atoms with Gasteiger partial charge in [-0.15, -0.1) is 0 Å². The van der Waals surface area contributed by atoms with Crippen LogP contribution in [0.4, 0.5) is 0 Å². The highest BCUT2D eigenvalue weighted by atomic mass is 35.5. The van der Waals surface area contributed by atoms with Crippen LogP contribution in [0.25, 0.3) is 0 Å². The third-order valence-corrected chi connectivity index (χ3v) is 5.95. The second-order valence-electron chi connectivity index (χ2n) is 7.59. The molecule has 1 fully saturated rings. The molecule has 2 aromatic rings. The van der Waals surface area contributed by atoms with Crippen molar-refractivity contribution in [3.8, 4) is 0 Å². The van der Waals surface area contributed by atoms with Gasteiger partial charge in [-0.1, -0.05) is 11.6 Å². The SMILES string of the molecule is O=C(c1ccc(Cl)cc1)N1CCC(Cn2nc3c(cc2=O)CCCC3)CC1. The van der Waals surface area contributed by atoms with Crippen LogP contribution < -0.4 is 5.56 Å². The molecule has 142 valence electrons. The normalized spacial score (nSPS) is 17.6. The average molecular weight is 386 g/mol. The molecule has 1 amide bonds. The Morgan fingerprint density at radius 1 is 1.11 bits per heavy atom. The zero-order valence-corrected chi connectivity index (χ0v) is 16.1. The smallest absolute Gasteiger partial charge is 0.267 e. The number of benzene rings is 1. The topological polar surface area (TPSA) is 55.2 Å². The van der Waals surface area contributed by atoms with Crippen molar-refractivity contribution in [2.45, 2.75) is 45.1 Å². The van der Waals surface area contributed by atoms with Crippen LogP contribution in [0, 0.1) is 5.92 Å². The second kappa shape index (κ2) is 7.85. The zero-order chi connectivity index (χ0) is 18.8. The lowest BCUT2D eigenvalue weighted by molar-refractivity contribution is 0.0680. The predicted octanol–water partition coefficient (Wildman–Crippen LogP) is 3.33. The zero-order valence-electron chi connectivity index (χ0n) is 15.4. The molecular weight excluding hydrogens is 362 g/mol. The lowest BCUT2D eigenvalue weighted by atomic mass is 9.95. The molecule has 0 radical (unpaired) electrons. The highest BCUT2D eigenvalue weighted by Gasteiger charge is 2.25. The van der Waals surface area contributed by atoms with Gasteiger partial charge in [0.15, 0.2) is 0 Å². The van der Waals surface area contributed by atoms with Crippen molar-refractivity contribution in [3.63, 3.8) is 0 Å². The summed E-state index contributed by atoms with van der Waals surface area (Å²) in [6, 6.07) is 8.81. The van der Waals surface area contributed by atoms with E-state index in [1.165, 1.54) is 0 Å². The number of piperidine rings is 1. The maximum atomic E-state index is 12.6. The molecule has 0 bridgehead atoms. The molecule has 27 heavy (non-hydrogen) atoms. The largest absolute Gasteiger partial charge is 0.339 e. The molecule has 0 saturated carbocycles. The molecule has 1 aliphatic heterocycles. The van der Waals surface area contributed by atoms with Crippen molar-refractivity contribution in [1.29, 1.82) is 0 Å². The first kappa shape index (κ1) is 18.2. The number of halogens is 1. The third-order valence-electron chi connectivity index (χ3n) is 5.70. The number of hydrogen-bond donors (Lipinski definition) is 0. The summed E-state index contributed by atoms with van der Waals surface area (Å²) in [7, 11) is 0. The van der Waals surface area contributed by atoms with Gasteiger partial charge in [-0.2, -0.15) is 5.10 Å². The van der Waals surface area contributed by atoms with Crippen LogP contribution in [0.2, 0.25) is 5.02 Å². The van der Waals surface area contributed by atoms with Crippen molar-refractivity contribution in [2.75, 3.05) is 13.1 Å². The number of likely N-dealkylation sites (tertiary alicyclic amines) is 1. The van der Waals surface area contributed by atoms with Crippen molar-refractivity contribution in [2.24, 2.45) is 5.92 Å². The van der Waals surface area contributed by atoms with Gasteiger partial charge >= 0.3 is 0 Å². The number of aryl methyl sites for hydroxylation is 2. The van der Waals surface area contributed by atoms with Crippen molar-refractivity contribution >= 4 is 17.5 Å². The number of nitrogens with zero attached hydrogens (tertiary/aromatic N) is 3. The molecule has 1 saturated heterocycles. The molecule has 0 N–H and O–H groups in total. The van der Waals surface area contributed by atoms with Gasteiger partial charge in [-0.05, 0) is 74.3 Å². The van der Waals surface area contributed by atoms with E-state index in [0.717, 1.165) is 49.8 Å². The molecule has 5 nitrogen and oxygen atoms in total. The van der Waals surface area contributed by atoms with Gasteiger partial charge in [0.05, 0.1) is 5.69 Å². The quantitative estimate of drug-likeness (QED) is 0.814. The van der Waals surface area contributed by atoms with E-state index >= 15 is 0 Å². The Balaban J connectivity index is 1.38. The first-order chi connectivity index (χ1) is 13.1. The van der Waals surface area contributed by atoms with Gasteiger partial charge in [0.1, 0.15) is 0 Å². The Morgan fingerprint density at radius 2 is 1.81 bits per heavy atom. The number of carbonyl (C=O) groups excluding carboxylic acids is 1. The standard InChI is InChI=1S/C21H24ClN3O2/c22-18-7-5-16(6-8-18)21(27)24-11-9-15(10-12-24)14-25-20(26)13-17-3-1-2-4-19(17)23-25/h5-8,13,15H,1-4,9-12,14H2. The fourth-order valence-electron chi connectivity index (χ4n) is 4.07. The van der Waals surface area contributed by atoms with Crippen LogP contribution in [0.3, 0.4) is 0 Å². The first-order valence-electron chi connectivity index (χ1n) is 9.75. The number of amides is 1. The van der Waals surface area contributed by atoms with Gasteiger partial charge in [-0.25, -0.2) is 4.68 Å². The summed E-state index contributed by atoms with van der Waals surface area (Å²) >= 11 is 5.90. The van der Waals surface area contributed by atoms with Crippen molar-refractivity contribution in [3.05, 3.63) is 62.5 Å². The lowest BCUT2D eigenvalue weighted by Gasteiger charge is -2.32. The summed E-state index contributed by atoms with van der Waals surface area (Å²) < 4.78 is 1.64. The van der Waals surface area contributed by atoms with Crippen LogP contribution >= 0.6 is 11.6 Å². The van der Waals surface area contributed by atoms with Crippen molar-refractivity contribution < 1.29 is 4.79 Å². The van der Waals surface area contributed by atoms with E-state index in [0.29, 0.717) is 36.1 Å². The minimum absolute atomic E-state index is 0.00956. The van der Waals surface area contributed by atoms with E-state index in [4.69, 9.17) is 11.6 Å². The van der Waals surface area contributed by atoms with Gasteiger partial charge in [0.25, 0.3) is 11.5 Å². The van der Waals surface area contributed by atoms with E-state index < -0.39 is 0 Å². The summed E-state index contributed by atoms with van der Waals surface area (Å²) in [6.07, 6.45) is 6.05. The van der Waals surface area contributed by atoms with Crippen LogP contribution in [-0.4, -0.2) is 33.7 Å². The van der Waals surface area contributed by atoms with Gasteiger partial charge in [-0.3, -0.25) is 9.59 Å². The van der Waals surface area contributed by atoms with E-state index in [1.807, 2.05) is 4.90 Å². The second-order valence-corrected chi connectivity index (χ2v) is 8.02. The Morgan fingerprint density at radius 3 is 2.56 bits per heavy atom. The van der Waals surface area contributed by atoms with Crippen LogP contribution in [0.1, 0.15) is 47.3 Å². The summed E-state index contributed by atoms with van der Waals surface area (Å²) in [5.41, 5.74) is 2.91. The maximum absolute atomic E-state index is 12.6. The van der Waals surface area contributed by atoms with Crippen LogP contribution in [-0.2, 0) is 19.4 Å². The molecule has 6 heteroatoms. The Kier molecular flexibility index (Phi) is 5.30. The van der Waals surface area contributed by atoms with E-state index in [-0.39, 0.29) is 11.5 Å². The van der Waals surface area contributed by atoms with Gasteiger partial charge < -0.3 is 4.90 Å². The third kappa shape index (κ3) is 4.08. The van der Waals surface area contributed by atoms with Crippen LogP contribution in [0.5, 0.6) is 0 Å². The Bertz CT molecular complexity index is 883. The number of fused-ring (bicyclic) bond motifs is 1. The number of rotatable bonds is 3. The molecule has 1 aromatic heterocycles. The summed E-state index contributed by atoms with van der Waals surface area (Å²) in [6.45, 7) is 2.08. The Labute approximate surface area is 163 Å². The molecule has 0 atom stereocenters. The molecule has 4 rings (SSSR count). The van der Waals surface area contributed by atoms with Crippen molar-refractivity contribution in [1.82, 2.24) is 14.7 Å². The van der Waals surface area contributed by atoms with Gasteiger partial charge in [0, 0.05) is 36.3 Å². The summed E-state index contributed by atoms with van der Waals surface area (Å²) in [4.78, 5) is 26.9. The fourth-order valence-corrected chi connectivity index (χ4v) is 4.20. The highest BCUT2D eigenvalue weighted by molar-refractivity contribution is 6.30. The molecule has 2 aliphatic rings. The van der Waals surface area contributed by atoms with Gasteiger partial charge in [0.2, 0.25) is 0 Å². The molecule has 0 spiro atoms. The van der Waals surface area contributed by atoms with E-state index in [1.54, 1.807) is 35.0 Å². The molecule has 1 aromatic carbocycles. The molecule has 1 aliphatic carbocycles. The summed E-state index contributed by atoms with van der Waals surface area (Å²) in [5, 5.41) is 5.26. The number of aromatic nitrogens is 2. The number of hydrogen-bond acceptors (Lipinski definition) is 3. The predicted molar refractivity (Wildman–Crippen MR) is 105 cm³/mol. The molecule has 2 heterocycles. The average Bonchev–Trinajstić information content (AvgIpc) is 2.69. The highest BCUT2D eigenvalue weighted by Crippen LogP contribution is 2.22. The van der Waals surface area contributed by atoms with E-state index in [9.17, 15) is 9.59 Å². The lowest BCUT2D eigenvalue weighted by Crippen LogP contribution is -2.40.